The summed E-state index contributed by atoms with van der Waals surface area (Å²) < 4.78 is 12.3. The van der Waals surface area contributed by atoms with E-state index in [4.69, 9.17) is 14.4 Å². The largest absolute Gasteiger partial charge is 0.480 e. The number of hydrogen-bond donors (Lipinski definition) is 2. The molecule has 0 radical (unpaired) electrons. The minimum absolute atomic E-state index is 0.257. The number of hydrazine groups is 1. The topological polar surface area (TPSA) is 119 Å². The molecular formula is C27H32N6O4. The number of anilines is 2. The van der Waals surface area contributed by atoms with Gasteiger partial charge in [0.25, 0.3) is 0 Å². The van der Waals surface area contributed by atoms with Gasteiger partial charge < -0.3 is 14.4 Å². The third-order valence-corrected chi connectivity index (χ3v) is 6.06. The summed E-state index contributed by atoms with van der Waals surface area (Å²) in [6.07, 6.45) is 5.79. The summed E-state index contributed by atoms with van der Waals surface area (Å²) >= 11 is 0. The number of carboxylic acid groups (broad SMARTS) is 1. The van der Waals surface area contributed by atoms with Gasteiger partial charge in [-0.25, -0.2) is 14.5 Å². The molecule has 0 saturated carbocycles. The Hall–Kier alpha value is -4.18. The molecule has 2 aromatic heterocycles. The summed E-state index contributed by atoms with van der Waals surface area (Å²) in [4.78, 5) is 14.6. The van der Waals surface area contributed by atoms with Crippen LogP contribution in [-0.2, 0) is 9.53 Å². The quantitative estimate of drug-likeness (QED) is 0.192. The number of nitrogens with one attached hydrogen (secondary N) is 1. The Kier molecular flexibility index (Phi) is 8.52. The van der Waals surface area contributed by atoms with Gasteiger partial charge in [0.1, 0.15) is 25.0 Å². The fraction of sp³-hybridized carbons (Fsp3) is 0.333. The third kappa shape index (κ3) is 6.73. The fourth-order valence-electron chi connectivity index (χ4n) is 4.13. The van der Waals surface area contributed by atoms with Gasteiger partial charge >= 0.3 is 5.97 Å². The molecule has 0 atom stereocenters. The number of unbranched alkanes of at least 4 members (excludes halogenated alkanes) is 2. The standard InChI is InChI=1S/C27H32N6O4/c1-19-7-8-22(27-20(2)31-37-21(27)3)15-25(19)30-32(13-5-4-6-14-36-16-26(34)35)23-9-11-24(12-10-23)33-18-28-17-29-33/h7-12,15,17-18,30H,4-6,13-14,16H2,1-3H3,(H,34,35). The first-order valence-electron chi connectivity index (χ1n) is 12.2. The Morgan fingerprint density at radius 1 is 1.11 bits per heavy atom. The number of aromatic nitrogens is 4. The number of hydrogen-bond acceptors (Lipinski definition) is 8. The zero-order valence-electron chi connectivity index (χ0n) is 21.3. The van der Waals surface area contributed by atoms with Gasteiger partial charge in [-0.05, 0) is 81.5 Å². The molecule has 0 spiro atoms. The summed E-state index contributed by atoms with van der Waals surface area (Å²) in [5.41, 5.74) is 10.6. The zero-order valence-corrected chi connectivity index (χ0v) is 21.3. The van der Waals surface area contributed by atoms with Gasteiger partial charge in [0, 0.05) is 18.7 Å². The van der Waals surface area contributed by atoms with Crippen LogP contribution in [0.2, 0.25) is 0 Å². The zero-order chi connectivity index (χ0) is 26.2. The Morgan fingerprint density at radius 3 is 2.59 bits per heavy atom. The first-order valence-corrected chi connectivity index (χ1v) is 12.2. The molecule has 10 nitrogen and oxygen atoms in total. The van der Waals surface area contributed by atoms with Crippen molar-refractivity contribution in [3.8, 4) is 16.8 Å². The molecule has 2 N–H and O–H groups in total. The van der Waals surface area contributed by atoms with Gasteiger partial charge in [-0.2, -0.15) is 5.10 Å². The van der Waals surface area contributed by atoms with E-state index in [2.05, 4.69) is 50.8 Å². The van der Waals surface area contributed by atoms with Crippen LogP contribution in [0.1, 0.15) is 36.3 Å². The summed E-state index contributed by atoms with van der Waals surface area (Å²) in [7, 11) is 0. The van der Waals surface area contributed by atoms with E-state index >= 15 is 0 Å². The minimum atomic E-state index is -0.945. The van der Waals surface area contributed by atoms with Crippen LogP contribution < -0.4 is 10.4 Å². The van der Waals surface area contributed by atoms with Crippen LogP contribution in [0.4, 0.5) is 11.4 Å². The maximum Gasteiger partial charge on any atom is 0.329 e. The normalized spacial score (nSPS) is 11.0. The molecule has 0 amide bonds. The predicted octanol–water partition coefficient (Wildman–Crippen LogP) is 4.95. The van der Waals surface area contributed by atoms with E-state index < -0.39 is 5.97 Å². The van der Waals surface area contributed by atoms with Crippen molar-refractivity contribution in [2.45, 2.75) is 40.0 Å². The Balaban J connectivity index is 1.51. The maximum absolute atomic E-state index is 10.6. The van der Waals surface area contributed by atoms with Crippen LogP contribution >= 0.6 is 0 Å². The van der Waals surface area contributed by atoms with E-state index in [1.807, 2.05) is 38.1 Å². The number of carboxylic acids is 1. The number of carbonyl (C=O) groups is 1. The maximum atomic E-state index is 10.6. The fourth-order valence-corrected chi connectivity index (χ4v) is 4.13. The molecule has 10 heteroatoms. The summed E-state index contributed by atoms with van der Waals surface area (Å²) in [5.74, 6) is -0.156. The first kappa shape index (κ1) is 25.9. The van der Waals surface area contributed by atoms with Gasteiger partial charge in [-0.15, -0.1) is 0 Å². The van der Waals surface area contributed by atoms with Gasteiger partial charge in [0.05, 0.1) is 22.8 Å². The Bertz CT molecular complexity index is 1280. The van der Waals surface area contributed by atoms with E-state index in [1.165, 1.54) is 6.33 Å². The molecule has 0 unspecified atom stereocenters. The SMILES string of the molecule is Cc1ccc(-c2c(C)noc2C)cc1NN(CCCCCOCC(=O)O)c1ccc(-n2cncn2)cc1. The van der Waals surface area contributed by atoms with Gasteiger partial charge in [-0.1, -0.05) is 17.3 Å². The van der Waals surface area contributed by atoms with Crippen molar-refractivity contribution in [1.29, 1.82) is 0 Å². The molecule has 0 bridgehead atoms. The van der Waals surface area contributed by atoms with Crippen LogP contribution in [0.25, 0.3) is 16.8 Å². The molecule has 37 heavy (non-hydrogen) atoms. The van der Waals surface area contributed by atoms with Crippen molar-refractivity contribution in [1.82, 2.24) is 19.9 Å². The van der Waals surface area contributed by atoms with Crippen molar-refractivity contribution in [2.75, 3.05) is 30.2 Å². The molecule has 4 rings (SSSR count). The summed E-state index contributed by atoms with van der Waals surface area (Å²) in [6.45, 7) is 6.87. The molecule has 0 fully saturated rings. The van der Waals surface area contributed by atoms with Crippen LogP contribution in [0.15, 0.2) is 59.6 Å². The molecular weight excluding hydrogens is 472 g/mol. The smallest absolute Gasteiger partial charge is 0.329 e. The minimum Gasteiger partial charge on any atom is -0.480 e. The van der Waals surface area contributed by atoms with Crippen molar-refractivity contribution >= 4 is 17.3 Å². The van der Waals surface area contributed by atoms with E-state index in [0.717, 1.165) is 71.0 Å². The molecule has 0 aliphatic rings. The number of aryl methyl sites for hydroxylation is 3. The lowest BCUT2D eigenvalue weighted by Gasteiger charge is -2.28. The molecule has 194 valence electrons. The number of ether oxygens (including phenoxy) is 1. The highest BCUT2D eigenvalue weighted by molar-refractivity contribution is 5.73. The van der Waals surface area contributed by atoms with E-state index in [1.54, 1.807) is 11.0 Å². The molecule has 2 heterocycles. The number of benzene rings is 2. The van der Waals surface area contributed by atoms with E-state index in [0.29, 0.717) is 6.61 Å². The molecule has 0 aliphatic carbocycles. The Labute approximate surface area is 215 Å². The van der Waals surface area contributed by atoms with Gasteiger partial charge in [0.15, 0.2) is 0 Å². The van der Waals surface area contributed by atoms with Crippen molar-refractivity contribution in [3.63, 3.8) is 0 Å². The highest BCUT2D eigenvalue weighted by atomic mass is 16.5. The van der Waals surface area contributed by atoms with Crippen LogP contribution in [0.3, 0.4) is 0 Å². The average Bonchev–Trinajstić information content (AvgIpc) is 3.54. The van der Waals surface area contributed by atoms with Crippen LogP contribution in [0, 0.1) is 20.8 Å². The Morgan fingerprint density at radius 2 is 1.92 bits per heavy atom. The first-order chi connectivity index (χ1) is 17.9. The number of nitrogens with zero attached hydrogens (tertiary/aromatic N) is 5. The summed E-state index contributed by atoms with van der Waals surface area (Å²) in [5, 5.41) is 19.1. The number of rotatable bonds is 13. The van der Waals surface area contributed by atoms with Crippen LogP contribution in [-0.4, -0.2) is 50.8 Å². The molecule has 2 aromatic carbocycles. The lowest BCUT2D eigenvalue weighted by atomic mass is 10.0. The van der Waals surface area contributed by atoms with Gasteiger partial charge in [-0.3, -0.25) is 10.4 Å². The van der Waals surface area contributed by atoms with Crippen molar-refractivity contribution < 1.29 is 19.2 Å². The molecule has 4 aromatic rings. The second-order valence-corrected chi connectivity index (χ2v) is 8.86. The predicted molar refractivity (Wildman–Crippen MR) is 141 cm³/mol. The van der Waals surface area contributed by atoms with Gasteiger partial charge in [0.2, 0.25) is 0 Å². The third-order valence-electron chi connectivity index (χ3n) is 6.06. The second kappa shape index (κ2) is 12.2. The second-order valence-electron chi connectivity index (χ2n) is 8.86. The average molecular weight is 505 g/mol. The van der Waals surface area contributed by atoms with Crippen molar-refractivity contribution in [3.05, 3.63) is 72.1 Å². The summed E-state index contributed by atoms with van der Waals surface area (Å²) in [6, 6.07) is 14.4. The van der Waals surface area contributed by atoms with E-state index in [-0.39, 0.29) is 6.61 Å². The lowest BCUT2D eigenvalue weighted by Crippen LogP contribution is -2.31. The van der Waals surface area contributed by atoms with E-state index in [9.17, 15) is 4.79 Å². The number of aliphatic carboxylic acids is 1. The molecule has 0 aliphatic heterocycles. The highest BCUT2D eigenvalue weighted by Crippen LogP contribution is 2.31. The highest BCUT2D eigenvalue weighted by Gasteiger charge is 2.15. The molecule has 0 saturated heterocycles. The lowest BCUT2D eigenvalue weighted by molar-refractivity contribution is -0.142. The monoisotopic (exact) mass is 504 g/mol. The van der Waals surface area contributed by atoms with Crippen molar-refractivity contribution in [2.24, 2.45) is 0 Å². The van der Waals surface area contributed by atoms with Crippen LogP contribution in [0.5, 0.6) is 0 Å².